The summed E-state index contributed by atoms with van der Waals surface area (Å²) in [5.74, 6) is 0.212. The fraction of sp³-hybridized carbons (Fsp3) is 0.381. The van der Waals surface area contributed by atoms with Gasteiger partial charge in [-0.3, -0.25) is 14.6 Å². The van der Waals surface area contributed by atoms with E-state index in [-0.39, 0.29) is 10.8 Å². The zero-order valence-electron chi connectivity index (χ0n) is 18.2. The minimum absolute atomic E-state index is 0.102. The van der Waals surface area contributed by atoms with Crippen LogP contribution in [0.1, 0.15) is 24.1 Å². The molecule has 1 amide bonds. The molecule has 1 fully saturated rings. The van der Waals surface area contributed by atoms with Gasteiger partial charge in [0.1, 0.15) is 10.6 Å². The first-order valence-corrected chi connectivity index (χ1v) is 12.5. The van der Waals surface area contributed by atoms with Crippen molar-refractivity contribution in [2.45, 2.75) is 32.2 Å². The van der Waals surface area contributed by atoms with Crippen LogP contribution in [0.25, 0.3) is 0 Å². The number of para-hydroxylation sites is 1. The van der Waals surface area contributed by atoms with Crippen LogP contribution in [0.2, 0.25) is 0 Å². The molecule has 2 aromatic heterocycles. The number of carbonyl (C=O) groups is 1. The van der Waals surface area contributed by atoms with E-state index in [2.05, 4.69) is 15.0 Å². The average molecular weight is 476 g/mol. The normalized spacial score (nSPS) is 15.7. The van der Waals surface area contributed by atoms with E-state index in [0.29, 0.717) is 49.3 Å². The van der Waals surface area contributed by atoms with E-state index in [1.807, 2.05) is 35.7 Å². The molecule has 170 valence electrons. The van der Waals surface area contributed by atoms with Gasteiger partial charge in [-0.1, -0.05) is 23.4 Å². The number of aromatic nitrogens is 2. The number of thiazole rings is 1. The lowest BCUT2D eigenvalue weighted by atomic mass is 10.3. The summed E-state index contributed by atoms with van der Waals surface area (Å²) in [6.07, 6.45) is 0. The molecule has 3 aromatic rings. The summed E-state index contributed by atoms with van der Waals surface area (Å²) in [5.41, 5.74) is 2.02. The van der Waals surface area contributed by atoms with Crippen LogP contribution in [-0.4, -0.2) is 59.8 Å². The van der Waals surface area contributed by atoms with Crippen LogP contribution in [0.15, 0.2) is 45.1 Å². The highest BCUT2D eigenvalue weighted by Gasteiger charge is 2.33. The lowest BCUT2D eigenvalue weighted by Gasteiger charge is -2.33. The van der Waals surface area contributed by atoms with Gasteiger partial charge in [0, 0.05) is 45.0 Å². The molecule has 3 heterocycles. The zero-order valence-corrected chi connectivity index (χ0v) is 19.8. The summed E-state index contributed by atoms with van der Waals surface area (Å²) in [4.78, 5) is 20.8. The molecule has 1 aliphatic heterocycles. The topological polar surface area (TPSA) is 99.9 Å². The van der Waals surface area contributed by atoms with Crippen molar-refractivity contribution >= 4 is 38.1 Å². The number of hydrogen-bond donors (Lipinski definition) is 0. The van der Waals surface area contributed by atoms with Gasteiger partial charge in [0.05, 0.1) is 11.4 Å². The Kier molecular flexibility index (Phi) is 6.42. The van der Waals surface area contributed by atoms with Crippen molar-refractivity contribution in [3.05, 3.63) is 52.9 Å². The Labute approximate surface area is 191 Å². The second-order valence-electron chi connectivity index (χ2n) is 7.64. The molecular weight excluding hydrogens is 450 g/mol. The highest BCUT2D eigenvalue weighted by Crippen LogP contribution is 2.29. The van der Waals surface area contributed by atoms with Crippen LogP contribution in [0, 0.1) is 13.8 Å². The molecule has 1 aromatic carbocycles. The van der Waals surface area contributed by atoms with Gasteiger partial charge in [0.15, 0.2) is 10.9 Å². The first-order valence-electron chi connectivity index (χ1n) is 10.2. The van der Waals surface area contributed by atoms with E-state index in [0.717, 1.165) is 11.4 Å². The molecule has 4 rings (SSSR count). The summed E-state index contributed by atoms with van der Waals surface area (Å²) in [6.45, 7) is 7.31. The summed E-state index contributed by atoms with van der Waals surface area (Å²) in [6, 6.07) is 9.43. The number of carbonyl (C=O) groups excluding carboxylic acids is 1. The highest BCUT2D eigenvalue weighted by molar-refractivity contribution is 7.89. The standard InChI is InChI=1S/C21H25N5O4S2/c1-15-20(16(2)30-23-15)32(28,29)25-11-9-24(10-12-25)13-18-14-31-21(22-18)26(17(3)27)19-7-5-4-6-8-19/h4-8,14H,9-13H2,1-3H3. The van der Waals surface area contributed by atoms with Crippen LogP contribution in [0.3, 0.4) is 0 Å². The van der Waals surface area contributed by atoms with Crippen molar-refractivity contribution in [3.8, 4) is 0 Å². The molecule has 0 unspecified atom stereocenters. The Balaban J connectivity index is 1.41. The molecule has 11 heteroatoms. The fourth-order valence-electron chi connectivity index (χ4n) is 3.80. The molecule has 0 saturated carbocycles. The number of amides is 1. The third-order valence-corrected chi connectivity index (χ3v) is 8.36. The number of anilines is 2. The Bertz CT molecular complexity index is 1180. The molecule has 0 bridgehead atoms. The van der Waals surface area contributed by atoms with Crippen molar-refractivity contribution in [2.75, 3.05) is 31.1 Å². The molecule has 1 aliphatic rings. The molecule has 0 radical (unpaired) electrons. The summed E-state index contributed by atoms with van der Waals surface area (Å²) in [7, 11) is -3.63. The first kappa shape index (κ1) is 22.6. The number of piperazine rings is 1. The molecule has 0 spiro atoms. The molecule has 32 heavy (non-hydrogen) atoms. The second-order valence-corrected chi connectivity index (χ2v) is 10.4. The Hall–Kier alpha value is -2.60. The van der Waals surface area contributed by atoms with Crippen molar-refractivity contribution in [3.63, 3.8) is 0 Å². The predicted molar refractivity (Wildman–Crippen MR) is 121 cm³/mol. The molecule has 0 atom stereocenters. The van der Waals surface area contributed by atoms with Crippen molar-refractivity contribution in [1.82, 2.24) is 19.3 Å². The van der Waals surface area contributed by atoms with Gasteiger partial charge in [0.2, 0.25) is 15.9 Å². The maximum absolute atomic E-state index is 13.0. The van der Waals surface area contributed by atoms with Crippen LogP contribution in [0.4, 0.5) is 10.8 Å². The maximum atomic E-state index is 13.0. The van der Waals surface area contributed by atoms with Gasteiger partial charge in [-0.2, -0.15) is 4.31 Å². The number of benzene rings is 1. The number of nitrogens with zero attached hydrogens (tertiary/aromatic N) is 5. The van der Waals surface area contributed by atoms with Gasteiger partial charge >= 0.3 is 0 Å². The Morgan fingerprint density at radius 1 is 1.16 bits per heavy atom. The summed E-state index contributed by atoms with van der Waals surface area (Å²) >= 11 is 1.42. The van der Waals surface area contributed by atoms with Gasteiger partial charge in [-0.25, -0.2) is 13.4 Å². The number of hydrogen-bond acceptors (Lipinski definition) is 8. The Morgan fingerprint density at radius 3 is 2.44 bits per heavy atom. The average Bonchev–Trinajstić information content (AvgIpc) is 3.35. The minimum atomic E-state index is -3.63. The predicted octanol–water partition coefficient (Wildman–Crippen LogP) is 2.94. The first-order chi connectivity index (χ1) is 15.3. The highest BCUT2D eigenvalue weighted by atomic mass is 32.2. The third kappa shape index (κ3) is 4.46. The van der Waals surface area contributed by atoms with Gasteiger partial charge in [-0.15, -0.1) is 11.3 Å². The maximum Gasteiger partial charge on any atom is 0.248 e. The van der Waals surface area contributed by atoms with E-state index in [9.17, 15) is 13.2 Å². The van der Waals surface area contributed by atoms with Crippen molar-refractivity contribution in [2.24, 2.45) is 0 Å². The van der Waals surface area contributed by atoms with E-state index in [4.69, 9.17) is 4.52 Å². The van der Waals surface area contributed by atoms with Crippen molar-refractivity contribution < 1.29 is 17.7 Å². The SMILES string of the molecule is CC(=O)N(c1ccccc1)c1nc(CN2CCN(S(=O)(=O)c3c(C)noc3C)CC2)cs1. The third-order valence-electron chi connectivity index (χ3n) is 5.34. The Morgan fingerprint density at radius 2 is 1.84 bits per heavy atom. The monoisotopic (exact) mass is 475 g/mol. The molecule has 0 N–H and O–H groups in total. The summed E-state index contributed by atoms with van der Waals surface area (Å²) < 4.78 is 32.5. The second kappa shape index (κ2) is 9.10. The molecule has 9 nitrogen and oxygen atoms in total. The van der Waals surface area contributed by atoms with Crippen LogP contribution in [0.5, 0.6) is 0 Å². The molecule has 0 aliphatic carbocycles. The minimum Gasteiger partial charge on any atom is -0.360 e. The number of sulfonamides is 1. The van der Waals surface area contributed by atoms with E-state index < -0.39 is 10.0 Å². The van der Waals surface area contributed by atoms with Crippen LogP contribution >= 0.6 is 11.3 Å². The fourth-order valence-corrected chi connectivity index (χ4v) is 6.40. The van der Waals surface area contributed by atoms with Gasteiger partial charge in [-0.05, 0) is 26.0 Å². The van der Waals surface area contributed by atoms with Crippen LogP contribution in [-0.2, 0) is 21.4 Å². The summed E-state index contributed by atoms with van der Waals surface area (Å²) in [5, 5.41) is 6.34. The number of rotatable bonds is 6. The lowest BCUT2D eigenvalue weighted by Crippen LogP contribution is -2.48. The smallest absolute Gasteiger partial charge is 0.248 e. The molecular formula is C21H25N5O4S2. The quantitative estimate of drug-likeness (QED) is 0.540. The largest absolute Gasteiger partial charge is 0.360 e. The van der Waals surface area contributed by atoms with Crippen molar-refractivity contribution in [1.29, 1.82) is 0 Å². The molecule has 1 saturated heterocycles. The van der Waals surface area contributed by atoms with E-state index in [1.165, 1.54) is 22.6 Å². The van der Waals surface area contributed by atoms with E-state index >= 15 is 0 Å². The van der Waals surface area contributed by atoms with E-state index in [1.54, 1.807) is 18.7 Å². The zero-order chi connectivity index (χ0) is 22.9. The van der Waals surface area contributed by atoms with Gasteiger partial charge in [0.25, 0.3) is 0 Å². The lowest BCUT2D eigenvalue weighted by molar-refractivity contribution is -0.115. The van der Waals surface area contributed by atoms with Gasteiger partial charge < -0.3 is 4.52 Å². The number of aryl methyl sites for hydroxylation is 2. The van der Waals surface area contributed by atoms with Crippen LogP contribution < -0.4 is 4.90 Å².